The van der Waals surface area contributed by atoms with Gasteiger partial charge in [0, 0.05) is 39.6 Å². The molecule has 0 radical (unpaired) electrons. The molecular weight excluding hydrogens is 220 g/mol. The molecule has 0 aromatic heterocycles. The Bertz CT molecular complexity index is 252. The number of carbonyl (C=O) groups is 2. The lowest BCUT2D eigenvalue weighted by atomic mass is 10.3. The van der Waals surface area contributed by atoms with Crippen LogP contribution in [0, 0.1) is 5.92 Å². The normalized spacial score (nSPS) is 14.4. The van der Waals surface area contributed by atoms with Gasteiger partial charge in [0.25, 0.3) is 0 Å². The van der Waals surface area contributed by atoms with Crippen molar-refractivity contribution < 1.29 is 14.3 Å². The Morgan fingerprint density at radius 1 is 1.24 bits per heavy atom. The molecule has 98 valence electrons. The first-order valence-electron chi connectivity index (χ1n) is 6.27. The van der Waals surface area contributed by atoms with Crippen molar-refractivity contribution >= 4 is 11.8 Å². The van der Waals surface area contributed by atoms with Crippen LogP contribution in [0.4, 0.5) is 0 Å². The second kappa shape index (κ2) is 8.06. The van der Waals surface area contributed by atoms with E-state index in [1.807, 2.05) is 0 Å². The van der Waals surface area contributed by atoms with Crippen LogP contribution >= 0.6 is 0 Å². The smallest absolute Gasteiger partial charge is 0.221 e. The third kappa shape index (κ3) is 8.68. The second-order valence-corrected chi connectivity index (χ2v) is 4.45. The highest BCUT2D eigenvalue weighted by Crippen LogP contribution is 2.28. The lowest BCUT2D eigenvalue weighted by Crippen LogP contribution is -2.30. The summed E-state index contributed by atoms with van der Waals surface area (Å²) < 4.78 is 5.44. The molecule has 17 heavy (non-hydrogen) atoms. The molecule has 5 nitrogen and oxygen atoms in total. The van der Waals surface area contributed by atoms with Gasteiger partial charge in [0.2, 0.25) is 11.8 Å². The molecule has 0 spiro atoms. The average Bonchev–Trinajstić information content (AvgIpc) is 3.06. The van der Waals surface area contributed by atoms with Crippen LogP contribution in [0.5, 0.6) is 0 Å². The van der Waals surface area contributed by atoms with E-state index in [9.17, 15) is 9.59 Å². The van der Waals surface area contributed by atoms with E-state index < -0.39 is 0 Å². The quantitative estimate of drug-likeness (QED) is 0.577. The van der Waals surface area contributed by atoms with Crippen LogP contribution in [-0.4, -0.2) is 38.1 Å². The Hall–Kier alpha value is -1.10. The van der Waals surface area contributed by atoms with Gasteiger partial charge in [-0.3, -0.25) is 9.59 Å². The fourth-order valence-corrected chi connectivity index (χ4v) is 1.38. The lowest BCUT2D eigenvalue weighted by Gasteiger charge is -2.06. The van der Waals surface area contributed by atoms with E-state index in [1.165, 1.54) is 19.8 Å². The van der Waals surface area contributed by atoms with Crippen molar-refractivity contribution in [2.24, 2.45) is 5.92 Å². The molecular formula is C12H22N2O3. The largest absolute Gasteiger partial charge is 0.381 e. The van der Waals surface area contributed by atoms with Gasteiger partial charge in [-0.05, 0) is 25.2 Å². The maximum Gasteiger partial charge on any atom is 0.221 e. The standard InChI is InChI=1S/C12H22N2O3/c1-10(15)13-7-5-12(16)14-6-2-8-17-9-11-3-4-11/h11H,2-9H2,1H3,(H,13,15)(H,14,16). The number of rotatable bonds is 9. The van der Waals surface area contributed by atoms with Gasteiger partial charge in [-0.2, -0.15) is 0 Å². The lowest BCUT2D eigenvalue weighted by molar-refractivity contribution is -0.121. The summed E-state index contributed by atoms with van der Waals surface area (Å²) in [4.78, 5) is 21.8. The molecule has 1 saturated carbocycles. The average molecular weight is 242 g/mol. The zero-order chi connectivity index (χ0) is 12.5. The summed E-state index contributed by atoms with van der Waals surface area (Å²) in [6, 6.07) is 0. The third-order valence-electron chi connectivity index (χ3n) is 2.56. The van der Waals surface area contributed by atoms with Crippen molar-refractivity contribution in [3.05, 3.63) is 0 Å². The van der Waals surface area contributed by atoms with E-state index in [2.05, 4.69) is 10.6 Å². The molecule has 0 saturated heterocycles. The molecule has 1 rings (SSSR count). The van der Waals surface area contributed by atoms with Crippen LogP contribution in [0.1, 0.15) is 32.6 Å². The molecule has 1 fully saturated rings. The van der Waals surface area contributed by atoms with Crippen molar-refractivity contribution in [1.82, 2.24) is 10.6 Å². The van der Waals surface area contributed by atoms with Crippen molar-refractivity contribution in [2.75, 3.05) is 26.3 Å². The minimum absolute atomic E-state index is 0.0269. The third-order valence-corrected chi connectivity index (χ3v) is 2.56. The highest BCUT2D eigenvalue weighted by Gasteiger charge is 2.20. The van der Waals surface area contributed by atoms with Gasteiger partial charge in [0.15, 0.2) is 0 Å². The first kappa shape index (κ1) is 14.0. The Morgan fingerprint density at radius 3 is 2.65 bits per heavy atom. The van der Waals surface area contributed by atoms with Crippen molar-refractivity contribution in [1.29, 1.82) is 0 Å². The van der Waals surface area contributed by atoms with Crippen LogP contribution in [0.25, 0.3) is 0 Å². The van der Waals surface area contributed by atoms with Gasteiger partial charge >= 0.3 is 0 Å². The van der Waals surface area contributed by atoms with Gasteiger partial charge in [-0.1, -0.05) is 0 Å². The van der Waals surface area contributed by atoms with Gasteiger partial charge in [-0.25, -0.2) is 0 Å². The number of carbonyl (C=O) groups excluding carboxylic acids is 2. The summed E-state index contributed by atoms with van der Waals surface area (Å²) in [6.07, 6.45) is 3.79. The zero-order valence-electron chi connectivity index (χ0n) is 10.5. The minimum Gasteiger partial charge on any atom is -0.381 e. The number of amides is 2. The van der Waals surface area contributed by atoms with Gasteiger partial charge in [0.05, 0.1) is 0 Å². The Labute approximate surface area is 102 Å². The molecule has 2 N–H and O–H groups in total. The molecule has 0 aliphatic heterocycles. The highest BCUT2D eigenvalue weighted by molar-refractivity contribution is 5.77. The predicted molar refractivity (Wildman–Crippen MR) is 64.5 cm³/mol. The van der Waals surface area contributed by atoms with Crippen LogP contribution in [-0.2, 0) is 14.3 Å². The first-order valence-corrected chi connectivity index (χ1v) is 6.27. The summed E-state index contributed by atoms with van der Waals surface area (Å²) in [5, 5.41) is 5.37. The maximum absolute atomic E-state index is 11.3. The van der Waals surface area contributed by atoms with E-state index in [0.717, 1.165) is 18.9 Å². The molecule has 0 aromatic carbocycles. The molecule has 0 atom stereocenters. The number of ether oxygens (including phenoxy) is 1. The van der Waals surface area contributed by atoms with E-state index in [0.29, 0.717) is 26.1 Å². The monoisotopic (exact) mass is 242 g/mol. The van der Waals surface area contributed by atoms with E-state index in [4.69, 9.17) is 4.74 Å². The SMILES string of the molecule is CC(=O)NCCC(=O)NCCCOCC1CC1. The van der Waals surface area contributed by atoms with Crippen LogP contribution in [0.2, 0.25) is 0 Å². The van der Waals surface area contributed by atoms with E-state index >= 15 is 0 Å². The number of hydrogen-bond donors (Lipinski definition) is 2. The maximum atomic E-state index is 11.3. The summed E-state index contributed by atoms with van der Waals surface area (Å²) in [6.45, 7) is 4.07. The number of hydrogen-bond acceptors (Lipinski definition) is 3. The van der Waals surface area contributed by atoms with Crippen LogP contribution in [0.15, 0.2) is 0 Å². The Balaban J connectivity index is 1.80. The van der Waals surface area contributed by atoms with Crippen molar-refractivity contribution in [3.8, 4) is 0 Å². The van der Waals surface area contributed by atoms with E-state index in [-0.39, 0.29) is 11.8 Å². The summed E-state index contributed by atoms with van der Waals surface area (Å²) in [5.41, 5.74) is 0. The van der Waals surface area contributed by atoms with Gasteiger partial charge in [-0.15, -0.1) is 0 Å². The molecule has 2 amide bonds. The Kier molecular flexibility index (Phi) is 6.62. The number of nitrogens with one attached hydrogen (secondary N) is 2. The molecule has 0 aromatic rings. The van der Waals surface area contributed by atoms with Crippen molar-refractivity contribution in [2.45, 2.75) is 32.6 Å². The van der Waals surface area contributed by atoms with Crippen LogP contribution < -0.4 is 10.6 Å². The summed E-state index contributed by atoms with van der Waals surface area (Å²) in [7, 11) is 0. The van der Waals surface area contributed by atoms with Gasteiger partial charge in [0.1, 0.15) is 0 Å². The molecule has 0 heterocycles. The Morgan fingerprint density at radius 2 is 2.00 bits per heavy atom. The summed E-state index contributed by atoms with van der Waals surface area (Å²) in [5.74, 6) is 0.662. The second-order valence-electron chi connectivity index (χ2n) is 4.45. The minimum atomic E-state index is -0.105. The molecule has 1 aliphatic carbocycles. The zero-order valence-corrected chi connectivity index (χ0v) is 10.5. The van der Waals surface area contributed by atoms with E-state index in [1.54, 1.807) is 0 Å². The molecule has 0 bridgehead atoms. The fraction of sp³-hybridized carbons (Fsp3) is 0.833. The molecule has 0 unspecified atom stereocenters. The van der Waals surface area contributed by atoms with Gasteiger partial charge < -0.3 is 15.4 Å². The highest BCUT2D eigenvalue weighted by atomic mass is 16.5. The van der Waals surface area contributed by atoms with Crippen molar-refractivity contribution in [3.63, 3.8) is 0 Å². The molecule has 1 aliphatic rings. The fourth-order valence-electron chi connectivity index (χ4n) is 1.38. The van der Waals surface area contributed by atoms with Crippen LogP contribution in [0.3, 0.4) is 0 Å². The first-order chi connectivity index (χ1) is 8.18. The topological polar surface area (TPSA) is 67.4 Å². The predicted octanol–water partition coefficient (Wildman–Crippen LogP) is 0.445. The summed E-state index contributed by atoms with van der Waals surface area (Å²) >= 11 is 0. The molecule has 5 heteroatoms.